The lowest BCUT2D eigenvalue weighted by molar-refractivity contribution is -0.140. The van der Waals surface area contributed by atoms with E-state index in [1.54, 1.807) is 46.7 Å². The van der Waals surface area contributed by atoms with Gasteiger partial charge >= 0.3 is 0 Å². The molecule has 11 heteroatoms. The van der Waals surface area contributed by atoms with Gasteiger partial charge in [-0.05, 0) is 42.1 Å². The fraction of sp³-hybridized carbons (Fsp3) is 0.269. The van der Waals surface area contributed by atoms with Gasteiger partial charge < -0.3 is 19.9 Å². The second-order valence-electron chi connectivity index (χ2n) is 8.45. The van der Waals surface area contributed by atoms with E-state index < -0.39 is 27.0 Å². The number of rotatable bonds is 8. The summed E-state index contributed by atoms with van der Waals surface area (Å²) in [4.78, 5) is 42.0. The molecule has 2 aromatic carbocycles. The molecule has 1 saturated heterocycles. The zero-order chi connectivity index (χ0) is 26.4. The summed E-state index contributed by atoms with van der Waals surface area (Å²) in [6, 6.07) is 18.2. The van der Waals surface area contributed by atoms with Crippen molar-refractivity contribution in [1.82, 2.24) is 15.1 Å². The zero-order valence-corrected chi connectivity index (χ0v) is 21.8. The van der Waals surface area contributed by atoms with Gasteiger partial charge in [-0.25, -0.2) is 8.42 Å². The fourth-order valence-electron chi connectivity index (χ4n) is 3.91. The number of thiophene rings is 1. The number of benzene rings is 2. The van der Waals surface area contributed by atoms with Crippen LogP contribution in [0.15, 0.2) is 77.0 Å². The third kappa shape index (κ3) is 6.17. The first-order valence-corrected chi connectivity index (χ1v) is 14.1. The molecule has 0 aliphatic carbocycles. The molecule has 0 unspecified atom stereocenters. The average Bonchev–Trinajstić information content (AvgIpc) is 3.46. The summed E-state index contributed by atoms with van der Waals surface area (Å²) in [5.74, 6) is -0.984. The number of carbonyl (C=O) groups is 3. The van der Waals surface area contributed by atoms with E-state index in [2.05, 4.69) is 5.32 Å². The number of hydrogen-bond donors (Lipinski definition) is 1. The molecule has 1 aliphatic heterocycles. The average molecular weight is 542 g/mol. The van der Waals surface area contributed by atoms with Crippen LogP contribution in [0.3, 0.4) is 0 Å². The Hall–Kier alpha value is -3.70. The highest BCUT2D eigenvalue weighted by molar-refractivity contribution is 7.92. The molecule has 37 heavy (non-hydrogen) atoms. The normalized spacial score (nSPS) is 14.6. The first-order valence-electron chi connectivity index (χ1n) is 11.7. The van der Waals surface area contributed by atoms with Crippen LogP contribution in [-0.2, 0) is 19.4 Å². The van der Waals surface area contributed by atoms with Gasteiger partial charge in [-0.1, -0.05) is 42.5 Å². The zero-order valence-electron chi connectivity index (χ0n) is 20.2. The van der Waals surface area contributed by atoms with Crippen molar-refractivity contribution in [2.75, 3.05) is 32.8 Å². The number of hydrogen-bond acceptors (Lipinski definition) is 7. The van der Waals surface area contributed by atoms with Crippen LogP contribution in [0.4, 0.5) is 0 Å². The van der Waals surface area contributed by atoms with Crippen LogP contribution in [0.2, 0.25) is 0 Å². The molecule has 1 atom stereocenters. The molecule has 194 valence electrons. The van der Waals surface area contributed by atoms with E-state index in [9.17, 15) is 22.8 Å². The summed E-state index contributed by atoms with van der Waals surface area (Å²) in [6.45, 7) is 2.45. The molecule has 3 aromatic rings. The third-order valence-corrected chi connectivity index (χ3v) is 8.74. The second kappa shape index (κ2) is 11.6. The number of aryl methyl sites for hydroxylation is 1. The number of nitrogens with one attached hydrogen (secondary N) is 1. The predicted octanol–water partition coefficient (Wildman–Crippen LogP) is 2.34. The van der Waals surface area contributed by atoms with Gasteiger partial charge in [-0.15, -0.1) is 11.3 Å². The summed E-state index contributed by atoms with van der Waals surface area (Å²) in [7, 11) is -4.23. The van der Waals surface area contributed by atoms with Gasteiger partial charge in [-0.3, -0.25) is 14.4 Å². The van der Waals surface area contributed by atoms with E-state index >= 15 is 0 Å². The van der Waals surface area contributed by atoms with Gasteiger partial charge in [0.2, 0.25) is 15.2 Å². The summed E-state index contributed by atoms with van der Waals surface area (Å²) >= 11 is 1.15. The molecular weight excluding hydrogens is 514 g/mol. The van der Waals surface area contributed by atoms with Crippen LogP contribution in [-0.4, -0.2) is 74.1 Å². The minimum absolute atomic E-state index is 0.0676. The summed E-state index contributed by atoms with van der Waals surface area (Å²) in [5, 5.41) is 2.32. The number of nitrogens with zero attached hydrogens (tertiary/aromatic N) is 2. The van der Waals surface area contributed by atoms with E-state index in [0.717, 1.165) is 16.9 Å². The molecule has 1 aliphatic rings. The second-order valence-corrected chi connectivity index (χ2v) is 11.4. The number of amides is 3. The quantitative estimate of drug-likeness (QED) is 0.469. The molecule has 0 saturated carbocycles. The highest BCUT2D eigenvalue weighted by Gasteiger charge is 2.39. The van der Waals surface area contributed by atoms with Gasteiger partial charge in [0, 0.05) is 26.2 Å². The molecular formula is C26H27N3O6S2. The number of ether oxygens (including phenoxy) is 1. The molecule has 3 amide bonds. The van der Waals surface area contributed by atoms with E-state index in [4.69, 9.17) is 4.74 Å². The standard InChI is InChI=1S/C26H27N3O6S2/c1-19-8-5-6-11-21(19)35-18-23(30)28-13-15-29(16-14-28)26(32)25(27-24(31)22-12-7-17-36-22)37(33,34)20-9-3-2-4-10-20/h2-12,17,25H,13-16,18H2,1H3,(H,27,31)/t25-/m0/s1. The fourth-order valence-corrected chi connectivity index (χ4v) is 6.02. The predicted molar refractivity (Wildman–Crippen MR) is 139 cm³/mol. The maximum Gasteiger partial charge on any atom is 0.262 e. The first-order chi connectivity index (χ1) is 17.8. The summed E-state index contributed by atoms with van der Waals surface area (Å²) in [5.41, 5.74) is 0.918. The van der Waals surface area contributed by atoms with Gasteiger partial charge in [0.25, 0.3) is 17.7 Å². The Balaban J connectivity index is 1.43. The summed E-state index contributed by atoms with van der Waals surface area (Å²) < 4.78 is 32.4. The van der Waals surface area contributed by atoms with Crippen molar-refractivity contribution >= 4 is 38.9 Å². The molecule has 4 rings (SSSR count). The lowest BCUT2D eigenvalue weighted by Crippen LogP contribution is -2.58. The molecule has 0 radical (unpaired) electrons. The Labute approximate surface area is 219 Å². The van der Waals surface area contributed by atoms with Crippen molar-refractivity contribution in [2.45, 2.75) is 17.2 Å². The summed E-state index contributed by atoms with van der Waals surface area (Å²) in [6.07, 6.45) is 0. The van der Waals surface area contributed by atoms with Gasteiger partial charge in [0.05, 0.1) is 9.77 Å². The topological polar surface area (TPSA) is 113 Å². The Morgan fingerprint density at radius 2 is 1.57 bits per heavy atom. The Bertz CT molecular complexity index is 1350. The van der Waals surface area contributed by atoms with Crippen molar-refractivity contribution in [3.05, 3.63) is 82.6 Å². The van der Waals surface area contributed by atoms with Crippen LogP contribution < -0.4 is 10.1 Å². The van der Waals surface area contributed by atoms with Gasteiger partial charge in [-0.2, -0.15) is 0 Å². The van der Waals surface area contributed by atoms with Crippen molar-refractivity contribution in [3.8, 4) is 5.75 Å². The van der Waals surface area contributed by atoms with Crippen LogP contribution >= 0.6 is 11.3 Å². The van der Waals surface area contributed by atoms with E-state index in [1.807, 2.05) is 25.1 Å². The van der Waals surface area contributed by atoms with E-state index in [-0.39, 0.29) is 43.6 Å². The highest BCUT2D eigenvalue weighted by atomic mass is 32.2. The largest absolute Gasteiger partial charge is 0.484 e. The van der Waals surface area contributed by atoms with Crippen molar-refractivity contribution < 1.29 is 27.5 Å². The third-order valence-electron chi connectivity index (χ3n) is 6.00. The lowest BCUT2D eigenvalue weighted by Gasteiger charge is -2.36. The van der Waals surface area contributed by atoms with Crippen LogP contribution in [0, 0.1) is 6.92 Å². The monoisotopic (exact) mass is 541 g/mol. The molecule has 9 nitrogen and oxygen atoms in total. The van der Waals surface area contributed by atoms with Crippen LogP contribution in [0.1, 0.15) is 15.2 Å². The number of piperazine rings is 1. The highest BCUT2D eigenvalue weighted by Crippen LogP contribution is 2.19. The van der Waals surface area contributed by atoms with Crippen molar-refractivity contribution in [3.63, 3.8) is 0 Å². The molecule has 0 bridgehead atoms. The molecule has 1 fully saturated rings. The minimum Gasteiger partial charge on any atom is -0.484 e. The Morgan fingerprint density at radius 1 is 0.919 bits per heavy atom. The SMILES string of the molecule is Cc1ccccc1OCC(=O)N1CCN(C(=O)[C@@H](NC(=O)c2cccs2)S(=O)(=O)c2ccccc2)CC1. The molecule has 0 spiro atoms. The first kappa shape index (κ1) is 26.4. The maximum absolute atomic E-state index is 13.5. The lowest BCUT2D eigenvalue weighted by atomic mass is 10.2. The maximum atomic E-state index is 13.5. The number of sulfone groups is 1. The Kier molecular flexibility index (Phi) is 8.24. The van der Waals surface area contributed by atoms with Gasteiger partial charge in [0.1, 0.15) is 5.75 Å². The Morgan fingerprint density at radius 3 is 2.22 bits per heavy atom. The minimum atomic E-state index is -4.23. The van der Waals surface area contributed by atoms with E-state index in [1.165, 1.54) is 17.0 Å². The van der Waals surface area contributed by atoms with Crippen molar-refractivity contribution in [2.24, 2.45) is 0 Å². The number of carbonyl (C=O) groups excluding carboxylic acids is 3. The van der Waals surface area contributed by atoms with E-state index in [0.29, 0.717) is 10.6 Å². The van der Waals surface area contributed by atoms with Crippen molar-refractivity contribution in [1.29, 1.82) is 0 Å². The number of para-hydroxylation sites is 1. The molecule has 2 heterocycles. The molecule has 1 aromatic heterocycles. The molecule has 1 N–H and O–H groups in total. The van der Waals surface area contributed by atoms with Gasteiger partial charge in [0.15, 0.2) is 6.61 Å². The van der Waals surface area contributed by atoms with Crippen LogP contribution in [0.25, 0.3) is 0 Å². The smallest absolute Gasteiger partial charge is 0.262 e. The van der Waals surface area contributed by atoms with Crippen LogP contribution in [0.5, 0.6) is 5.75 Å².